The third-order valence-electron chi connectivity index (χ3n) is 5.88. The minimum absolute atomic E-state index is 0.0128. The summed E-state index contributed by atoms with van der Waals surface area (Å²) >= 11 is 2.31. The first-order valence-corrected chi connectivity index (χ1v) is 13.9. The van der Waals surface area contributed by atoms with Crippen LogP contribution in [0.25, 0.3) is 0 Å². The van der Waals surface area contributed by atoms with Crippen LogP contribution in [0.5, 0.6) is 0 Å². The maximum atomic E-state index is 15.0. The lowest BCUT2D eigenvalue weighted by Crippen LogP contribution is -2.47. The van der Waals surface area contributed by atoms with Crippen LogP contribution in [0.1, 0.15) is 26.7 Å². The van der Waals surface area contributed by atoms with Gasteiger partial charge in [0.2, 0.25) is 0 Å². The minimum Gasteiger partial charge on any atom is -0.377 e. The van der Waals surface area contributed by atoms with Gasteiger partial charge in [0, 0.05) is 21.6 Å². The molecule has 1 heterocycles. The van der Waals surface area contributed by atoms with Gasteiger partial charge in [-0.25, -0.2) is 13.2 Å². The van der Waals surface area contributed by atoms with E-state index in [1.807, 2.05) is 25.9 Å². The Morgan fingerprint density at radius 2 is 1.84 bits per heavy atom. The highest BCUT2D eigenvalue weighted by molar-refractivity contribution is 7.99. The number of ether oxygens (including phenoxy) is 2. The zero-order valence-corrected chi connectivity index (χ0v) is 23.1. The first kappa shape index (κ1) is 29.6. The third-order valence-corrected chi connectivity index (χ3v) is 7.82. The fourth-order valence-corrected chi connectivity index (χ4v) is 5.23. The SMILES string of the molecule is C[C@H]1CCO[C@](C)(C(=O)NSc2cc(F)c(NC(CCN(C)C)CSc3ccc(F)cc3)c(F)c2)CO1. The zero-order valence-electron chi connectivity index (χ0n) is 21.5. The molecule has 3 atom stereocenters. The van der Waals surface area contributed by atoms with Gasteiger partial charge in [0.25, 0.3) is 5.91 Å². The summed E-state index contributed by atoms with van der Waals surface area (Å²) in [5.74, 6) is -1.73. The molecule has 1 aliphatic rings. The third kappa shape index (κ3) is 9.10. The lowest BCUT2D eigenvalue weighted by atomic mass is 10.1. The maximum absolute atomic E-state index is 15.0. The van der Waals surface area contributed by atoms with E-state index in [4.69, 9.17) is 9.47 Å². The van der Waals surface area contributed by atoms with Crippen molar-refractivity contribution in [1.82, 2.24) is 9.62 Å². The van der Waals surface area contributed by atoms with Crippen molar-refractivity contribution in [3.05, 3.63) is 53.8 Å². The number of halogens is 3. The Bertz CT molecular complexity index is 1020. The molecular formula is C26H34F3N3O3S2. The Balaban J connectivity index is 1.64. The number of thioether (sulfide) groups is 1. The van der Waals surface area contributed by atoms with Crippen LogP contribution in [-0.2, 0) is 14.3 Å². The van der Waals surface area contributed by atoms with E-state index in [1.54, 1.807) is 19.1 Å². The fraction of sp³-hybridized carbons (Fsp3) is 0.500. The highest BCUT2D eigenvalue weighted by Crippen LogP contribution is 2.29. The van der Waals surface area contributed by atoms with Gasteiger partial charge in [-0.2, -0.15) is 0 Å². The number of hydrogen-bond acceptors (Lipinski definition) is 7. The van der Waals surface area contributed by atoms with Crippen molar-refractivity contribution in [2.24, 2.45) is 0 Å². The van der Waals surface area contributed by atoms with Crippen LogP contribution in [0.2, 0.25) is 0 Å². The molecule has 2 aromatic rings. The summed E-state index contributed by atoms with van der Waals surface area (Å²) < 4.78 is 57.1. The van der Waals surface area contributed by atoms with Crippen LogP contribution < -0.4 is 10.0 Å². The number of hydrogen-bond donors (Lipinski definition) is 2. The van der Waals surface area contributed by atoms with Crippen molar-refractivity contribution in [3.63, 3.8) is 0 Å². The summed E-state index contributed by atoms with van der Waals surface area (Å²) in [6.45, 7) is 4.74. The molecule has 1 fully saturated rings. The normalized spacial score (nSPS) is 20.9. The van der Waals surface area contributed by atoms with Crippen molar-refractivity contribution in [2.75, 3.05) is 44.9 Å². The second-order valence-electron chi connectivity index (χ2n) is 9.48. The number of rotatable bonds is 11. The maximum Gasteiger partial charge on any atom is 0.264 e. The number of anilines is 1. The molecule has 11 heteroatoms. The fourth-order valence-electron chi connectivity index (χ4n) is 3.51. The minimum atomic E-state index is -1.18. The van der Waals surface area contributed by atoms with Crippen LogP contribution in [-0.4, -0.2) is 68.2 Å². The number of nitrogens with zero attached hydrogens (tertiary/aromatic N) is 1. The number of carbonyl (C=O) groups is 1. The number of carbonyl (C=O) groups excluding carboxylic acids is 1. The molecule has 1 amide bonds. The summed E-state index contributed by atoms with van der Waals surface area (Å²) in [6.07, 6.45) is 1.31. The van der Waals surface area contributed by atoms with Crippen LogP contribution >= 0.6 is 23.7 Å². The van der Waals surface area contributed by atoms with Gasteiger partial charge in [-0.15, -0.1) is 11.8 Å². The molecule has 0 aromatic heterocycles. The van der Waals surface area contributed by atoms with Gasteiger partial charge in [0.15, 0.2) is 5.60 Å². The number of nitrogens with one attached hydrogen (secondary N) is 2. The Kier molecular flexibility index (Phi) is 11.0. The Labute approximate surface area is 225 Å². The first-order valence-electron chi connectivity index (χ1n) is 12.1. The van der Waals surface area contributed by atoms with E-state index >= 15 is 0 Å². The molecule has 0 aliphatic carbocycles. The molecule has 0 radical (unpaired) electrons. The summed E-state index contributed by atoms with van der Waals surface area (Å²) in [4.78, 5) is 15.8. The van der Waals surface area contributed by atoms with Crippen molar-refractivity contribution in [3.8, 4) is 0 Å². The van der Waals surface area contributed by atoms with E-state index < -0.39 is 23.1 Å². The van der Waals surface area contributed by atoms with Gasteiger partial charge in [-0.3, -0.25) is 9.52 Å². The Hall–Kier alpha value is -1.92. The highest BCUT2D eigenvalue weighted by atomic mass is 32.2. The topological polar surface area (TPSA) is 62.8 Å². The Morgan fingerprint density at radius 3 is 2.49 bits per heavy atom. The van der Waals surface area contributed by atoms with Crippen LogP contribution in [0.15, 0.2) is 46.2 Å². The number of benzene rings is 2. The van der Waals surface area contributed by atoms with Gasteiger partial charge in [0.1, 0.15) is 23.1 Å². The van der Waals surface area contributed by atoms with E-state index in [0.29, 0.717) is 31.7 Å². The summed E-state index contributed by atoms with van der Waals surface area (Å²) in [6, 6.07) is 8.25. The molecular weight excluding hydrogens is 523 g/mol. The molecule has 6 nitrogen and oxygen atoms in total. The molecule has 2 aromatic carbocycles. The molecule has 0 spiro atoms. The van der Waals surface area contributed by atoms with Gasteiger partial charge in [-0.05, 0) is 95.7 Å². The van der Waals surface area contributed by atoms with Crippen molar-refractivity contribution in [2.45, 2.75) is 54.2 Å². The molecule has 0 bridgehead atoms. The van der Waals surface area contributed by atoms with Gasteiger partial charge >= 0.3 is 0 Å². The first-order chi connectivity index (χ1) is 17.6. The highest BCUT2D eigenvalue weighted by Gasteiger charge is 2.37. The molecule has 37 heavy (non-hydrogen) atoms. The predicted molar refractivity (Wildman–Crippen MR) is 142 cm³/mol. The summed E-state index contributed by atoms with van der Waals surface area (Å²) in [5, 5.41) is 3.01. The molecule has 1 aliphatic heterocycles. The summed E-state index contributed by atoms with van der Waals surface area (Å²) in [7, 11) is 3.86. The lowest BCUT2D eigenvalue weighted by Gasteiger charge is -2.26. The van der Waals surface area contributed by atoms with E-state index in [9.17, 15) is 18.0 Å². The average molecular weight is 558 g/mol. The van der Waals surface area contributed by atoms with E-state index in [2.05, 4.69) is 10.0 Å². The average Bonchev–Trinajstić information content (AvgIpc) is 3.03. The molecule has 0 saturated carbocycles. The zero-order chi connectivity index (χ0) is 27.0. The largest absolute Gasteiger partial charge is 0.377 e. The van der Waals surface area contributed by atoms with E-state index in [1.165, 1.54) is 36.0 Å². The monoisotopic (exact) mass is 557 g/mol. The van der Waals surface area contributed by atoms with E-state index in [-0.39, 0.29) is 35.2 Å². The molecule has 2 N–H and O–H groups in total. The second-order valence-corrected chi connectivity index (χ2v) is 11.5. The van der Waals surface area contributed by atoms with Crippen molar-refractivity contribution in [1.29, 1.82) is 0 Å². The lowest BCUT2D eigenvalue weighted by molar-refractivity contribution is -0.146. The van der Waals surface area contributed by atoms with Crippen LogP contribution in [0.4, 0.5) is 18.9 Å². The van der Waals surface area contributed by atoms with E-state index in [0.717, 1.165) is 16.8 Å². The van der Waals surface area contributed by atoms with Crippen LogP contribution in [0.3, 0.4) is 0 Å². The molecule has 3 rings (SSSR count). The van der Waals surface area contributed by atoms with Gasteiger partial charge in [0.05, 0.1) is 19.3 Å². The quantitative estimate of drug-likeness (QED) is 0.286. The van der Waals surface area contributed by atoms with Gasteiger partial charge < -0.3 is 19.7 Å². The molecule has 204 valence electrons. The predicted octanol–water partition coefficient (Wildman–Crippen LogP) is 5.34. The van der Waals surface area contributed by atoms with Crippen molar-refractivity contribution >= 4 is 35.3 Å². The Morgan fingerprint density at radius 1 is 1.16 bits per heavy atom. The number of amides is 1. The molecule has 1 unspecified atom stereocenters. The molecule has 1 saturated heterocycles. The second kappa shape index (κ2) is 13.7. The van der Waals surface area contributed by atoms with Crippen LogP contribution in [0, 0.1) is 17.5 Å². The summed E-state index contributed by atoms with van der Waals surface area (Å²) in [5.41, 5.74) is -1.40. The van der Waals surface area contributed by atoms with Crippen molar-refractivity contribution < 1.29 is 27.4 Å². The van der Waals surface area contributed by atoms with Gasteiger partial charge in [-0.1, -0.05) is 0 Å². The smallest absolute Gasteiger partial charge is 0.264 e. The standard InChI is InChI=1S/C26H34F3N3O3S2/c1-17-10-12-35-26(2,16-34-17)25(33)31-37-21-13-22(28)24(23(29)14-21)30-19(9-11-32(3)4)15-36-20-7-5-18(27)6-8-20/h5-8,13-14,17,19,30H,9-12,15-16H2,1-4H3,(H,31,33)/t17-,19?,26-/m0/s1.